The predicted molar refractivity (Wildman–Crippen MR) is 83.5 cm³/mol. The molecule has 0 bridgehead atoms. The molecule has 0 heterocycles. The molecule has 2 aliphatic carbocycles. The zero-order valence-electron chi connectivity index (χ0n) is 12.0. The van der Waals surface area contributed by atoms with E-state index in [9.17, 15) is 0 Å². The average Bonchev–Trinajstić information content (AvgIpc) is 3.07. The van der Waals surface area contributed by atoms with Crippen LogP contribution in [0.25, 0.3) is 0 Å². The summed E-state index contributed by atoms with van der Waals surface area (Å²) in [4.78, 5) is 0. The van der Waals surface area contributed by atoms with Crippen molar-refractivity contribution in [2.45, 2.75) is 50.0 Å². The maximum atomic E-state index is 6.33. The summed E-state index contributed by atoms with van der Waals surface area (Å²) < 4.78 is 13.0. The summed E-state index contributed by atoms with van der Waals surface area (Å²) in [5.74, 6) is 1.74. The van der Waals surface area contributed by atoms with Crippen LogP contribution in [0.2, 0.25) is 0 Å². The zero-order chi connectivity index (χ0) is 14.2. The zero-order valence-corrected chi connectivity index (χ0v) is 13.5. The Hall–Kier alpha value is -0.740. The van der Waals surface area contributed by atoms with Crippen molar-refractivity contribution >= 4 is 15.9 Å². The van der Waals surface area contributed by atoms with Crippen molar-refractivity contribution in [2.24, 2.45) is 5.73 Å². The van der Waals surface area contributed by atoms with Gasteiger partial charge in [-0.05, 0) is 50.7 Å². The van der Waals surface area contributed by atoms with Gasteiger partial charge in [0.2, 0.25) is 0 Å². The fraction of sp³-hybridized carbons (Fsp3) is 0.625. The first kappa shape index (κ1) is 14.2. The van der Waals surface area contributed by atoms with E-state index in [1.807, 2.05) is 12.1 Å². The quantitative estimate of drug-likeness (QED) is 0.887. The Bertz CT molecular complexity index is 493. The van der Waals surface area contributed by atoms with Gasteiger partial charge >= 0.3 is 0 Å². The Kier molecular flexibility index (Phi) is 3.95. The van der Waals surface area contributed by atoms with E-state index in [0.717, 1.165) is 41.7 Å². The van der Waals surface area contributed by atoms with E-state index >= 15 is 0 Å². The fourth-order valence-electron chi connectivity index (χ4n) is 3.19. The van der Waals surface area contributed by atoms with Gasteiger partial charge in [-0.25, -0.2) is 0 Å². The normalized spacial score (nSPS) is 20.9. The standard InChI is InChI=1S/C16H22BrNO2/c1-19-13-7-6-12(17)14(16(10-18)8-9-16)15(13)20-11-4-2-3-5-11/h6-7,11H,2-5,8-10,18H2,1H3. The minimum absolute atomic E-state index is 0.0846. The first-order valence-corrected chi connectivity index (χ1v) is 8.23. The number of hydrogen-bond donors (Lipinski definition) is 1. The highest BCUT2D eigenvalue weighted by Crippen LogP contribution is 2.55. The SMILES string of the molecule is COc1ccc(Br)c(C2(CN)CC2)c1OC1CCCC1. The van der Waals surface area contributed by atoms with E-state index in [2.05, 4.69) is 15.9 Å². The van der Waals surface area contributed by atoms with Gasteiger partial charge in [0.15, 0.2) is 11.5 Å². The van der Waals surface area contributed by atoms with Crippen molar-refractivity contribution in [1.29, 1.82) is 0 Å². The lowest BCUT2D eigenvalue weighted by Gasteiger charge is -2.24. The van der Waals surface area contributed by atoms with Crippen LogP contribution < -0.4 is 15.2 Å². The topological polar surface area (TPSA) is 44.5 Å². The molecule has 0 atom stereocenters. The molecule has 0 radical (unpaired) electrons. The number of benzene rings is 1. The van der Waals surface area contributed by atoms with Gasteiger partial charge in [-0.3, -0.25) is 0 Å². The van der Waals surface area contributed by atoms with Crippen LogP contribution in [0, 0.1) is 0 Å². The Labute approximate surface area is 129 Å². The number of methoxy groups -OCH3 is 1. The van der Waals surface area contributed by atoms with E-state index in [0.29, 0.717) is 12.6 Å². The molecule has 2 fully saturated rings. The van der Waals surface area contributed by atoms with Crippen molar-refractivity contribution in [2.75, 3.05) is 13.7 Å². The highest BCUT2D eigenvalue weighted by atomic mass is 79.9. The summed E-state index contributed by atoms with van der Waals surface area (Å²) in [5, 5.41) is 0. The van der Waals surface area contributed by atoms with Gasteiger partial charge in [0, 0.05) is 22.0 Å². The Balaban J connectivity index is 2.01. The van der Waals surface area contributed by atoms with Crippen LogP contribution in [0.1, 0.15) is 44.1 Å². The highest BCUT2D eigenvalue weighted by Gasteiger charge is 2.47. The van der Waals surface area contributed by atoms with Crippen molar-refractivity contribution in [3.8, 4) is 11.5 Å². The van der Waals surface area contributed by atoms with Gasteiger partial charge in [0.05, 0.1) is 13.2 Å². The van der Waals surface area contributed by atoms with Crippen molar-refractivity contribution in [1.82, 2.24) is 0 Å². The summed E-state index contributed by atoms with van der Waals surface area (Å²) in [6.07, 6.45) is 7.41. The maximum absolute atomic E-state index is 6.33. The molecule has 4 heteroatoms. The molecule has 2 aliphatic rings. The van der Waals surface area contributed by atoms with Crippen LogP contribution in [0.3, 0.4) is 0 Å². The van der Waals surface area contributed by atoms with Gasteiger partial charge in [-0.15, -0.1) is 0 Å². The number of rotatable bonds is 5. The Morgan fingerprint density at radius 1 is 1.30 bits per heavy atom. The van der Waals surface area contributed by atoms with E-state index in [1.165, 1.54) is 18.4 Å². The summed E-state index contributed by atoms with van der Waals surface area (Å²) in [5.41, 5.74) is 7.32. The first-order chi connectivity index (χ1) is 9.70. The lowest BCUT2D eigenvalue weighted by Crippen LogP contribution is -2.23. The van der Waals surface area contributed by atoms with E-state index in [4.69, 9.17) is 15.2 Å². The minimum Gasteiger partial charge on any atom is -0.493 e. The van der Waals surface area contributed by atoms with Crippen LogP contribution in [0.15, 0.2) is 16.6 Å². The summed E-state index contributed by atoms with van der Waals surface area (Å²) in [7, 11) is 1.70. The van der Waals surface area contributed by atoms with Crippen molar-refractivity contribution in [3.63, 3.8) is 0 Å². The van der Waals surface area contributed by atoms with Crippen LogP contribution in [0.5, 0.6) is 11.5 Å². The first-order valence-electron chi connectivity index (χ1n) is 7.44. The van der Waals surface area contributed by atoms with Crippen molar-refractivity contribution < 1.29 is 9.47 Å². The second-order valence-corrected chi connectivity index (χ2v) is 6.82. The number of ether oxygens (including phenoxy) is 2. The largest absolute Gasteiger partial charge is 0.493 e. The Morgan fingerprint density at radius 2 is 2.00 bits per heavy atom. The average molecular weight is 340 g/mol. The third-order valence-electron chi connectivity index (χ3n) is 4.65. The second-order valence-electron chi connectivity index (χ2n) is 5.96. The number of hydrogen-bond acceptors (Lipinski definition) is 3. The second kappa shape index (κ2) is 5.57. The number of nitrogens with two attached hydrogens (primary N) is 1. The summed E-state index contributed by atoms with van der Waals surface area (Å²) in [6.45, 7) is 0.666. The molecular formula is C16H22BrNO2. The molecule has 0 aliphatic heterocycles. The van der Waals surface area contributed by atoms with Gasteiger partial charge in [0.1, 0.15) is 0 Å². The maximum Gasteiger partial charge on any atom is 0.166 e. The van der Waals surface area contributed by atoms with Crippen LogP contribution >= 0.6 is 15.9 Å². The van der Waals surface area contributed by atoms with Crippen LogP contribution in [-0.2, 0) is 5.41 Å². The highest BCUT2D eigenvalue weighted by molar-refractivity contribution is 9.10. The molecule has 3 nitrogen and oxygen atoms in total. The molecule has 110 valence electrons. The van der Waals surface area contributed by atoms with Gasteiger partial charge in [-0.2, -0.15) is 0 Å². The number of halogens is 1. The van der Waals surface area contributed by atoms with Gasteiger partial charge in [-0.1, -0.05) is 15.9 Å². The third kappa shape index (κ3) is 2.44. The Morgan fingerprint density at radius 3 is 2.55 bits per heavy atom. The molecule has 2 N–H and O–H groups in total. The molecule has 2 saturated carbocycles. The van der Waals surface area contributed by atoms with Crippen LogP contribution in [-0.4, -0.2) is 19.8 Å². The van der Waals surface area contributed by atoms with Gasteiger partial charge < -0.3 is 15.2 Å². The van der Waals surface area contributed by atoms with E-state index < -0.39 is 0 Å². The molecule has 1 aromatic rings. The fourth-order valence-corrected chi connectivity index (χ4v) is 3.92. The molecule has 0 spiro atoms. The van der Waals surface area contributed by atoms with Gasteiger partial charge in [0.25, 0.3) is 0 Å². The van der Waals surface area contributed by atoms with Crippen LogP contribution in [0.4, 0.5) is 0 Å². The minimum atomic E-state index is 0.0846. The molecule has 0 saturated heterocycles. The lowest BCUT2D eigenvalue weighted by atomic mass is 9.94. The molecular weight excluding hydrogens is 318 g/mol. The third-order valence-corrected chi connectivity index (χ3v) is 5.31. The predicted octanol–water partition coefficient (Wildman–Crippen LogP) is 3.77. The van der Waals surface area contributed by atoms with E-state index in [1.54, 1.807) is 7.11 Å². The molecule has 0 aromatic heterocycles. The van der Waals surface area contributed by atoms with E-state index in [-0.39, 0.29) is 5.41 Å². The molecule has 20 heavy (non-hydrogen) atoms. The monoisotopic (exact) mass is 339 g/mol. The molecule has 0 amide bonds. The molecule has 1 aromatic carbocycles. The smallest absolute Gasteiger partial charge is 0.166 e. The molecule has 0 unspecified atom stereocenters. The summed E-state index contributed by atoms with van der Waals surface area (Å²) in [6, 6.07) is 4.02. The van der Waals surface area contributed by atoms with Crippen molar-refractivity contribution in [3.05, 3.63) is 22.2 Å². The lowest BCUT2D eigenvalue weighted by molar-refractivity contribution is 0.197. The summed E-state index contributed by atoms with van der Waals surface area (Å²) >= 11 is 3.69. The molecule has 3 rings (SSSR count).